The van der Waals surface area contributed by atoms with Crippen molar-refractivity contribution in [2.75, 3.05) is 32.8 Å². The van der Waals surface area contributed by atoms with Crippen LogP contribution in [0.4, 0.5) is 0 Å². The molecule has 1 fully saturated rings. The number of hydrogen-bond donors (Lipinski definition) is 1. The second kappa shape index (κ2) is 8.37. The molecule has 5 heteroatoms. The van der Waals surface area contributed by atoms with E-state index in [1.54, 1.807) is 0 Å². The summed E-state index contributed by atoms with van der Waals surface area (Å²) in [7, 11) is 0. The molecular weight excluding hydrogens is 384 g/mol. The van der Waals surface area contributed by atoms with Crippen LogP contribution in [0.1, 0.15) is 25.3 Å². The molecule has 1 heterocycles. The predicted octanol–water partition coefficient (Wildman–Crippen LogP) is 3.80. The average Bonchev–Trinajstić information content (AvgIpc) is 2.91. The lowest BCUT2D eigenvalue weighted by molar-refractivity contribution is 0.327. The molecule has 0 aromatic heterocycles. The molecule has 1 aliphatic rings. The number of ether oxygens (including phenoxy) is 1. The van der Waals surface area contributed by atoms with Crippen LogP contribution in [0.15, 0.2) is 21.1 Å². The van der Waals surface area contributed by atoms with Gasteiger partial charge >= 0.3 is 0 Å². The van der Waals surface area contributed by atoms with Crippen LogP contribution in [-0.2, 0) is 6.54 Å². The summed E-state index contributed by atoms with van der Waals surface area (Å²) in [5.74, 6) is 0.948. The van der Waals surface area contributed by atoms with E-state index in [4.69, 9.17) is 4.74 Å². The molecule has 3 nitrogen and oxygen atoms in total. The Morgan fingerprint density at radius 1 is 1.25 bits per heavy atom. The molecule has 0 saturated carbocycles. The molecule has 0 spiro atoms. The van der Waals surface area contributed by atoms with Gasteiger partial charge in [-0.25, -0.2) is 0 Å². The molecule has 1 aromatic rings. The smallest absolute Gasteiger partial charge is 0.138 e. The molecule has 112 valence electrons. The summed E-state index contributed by atoms with van der Waals surface area (Å²) in [6, 6.07) is 4.15. The van der Waals surface area contributed by atoms with Crippen LogP contribution in [0.3, 0.4) is 0 Å². The van der Waals surface area contributed by atoms with Gasteiger partial charge in [0.15, 0.2) is 0 Å². The number of hydrogen-bond acceptors (Lipinski definition) is 3. The van der Waals surface area contributed by atoms with Gasteiger partial charge in [-0.05, 0) is 60.9 Å². The molecule has 0 unspecified atom stereocenters. The van der Waals surface area contributed by atoms with Gasteiger partial charge in [-0.15, -0.1) is 0 Å². The molecule has 1 aliphatic heterocycles. The highest BCUT2D eigenvalue weighted by atomic mass is 79.9. The van der Waals surface area contributed by atoms with Crippen LogP contribution < -0.4 is 10.1 Å². The highest BCUT2D eigenvalue weighted by molar-refractivity contribution is 9.11. The van der Waals surface area contributed by atoms with Gasteiger partial charge in [-0.2, -0.15) is 0 Å². The Balaban J connectivity index is 1.87. The monoisotopic (exact) mass is 404 g/mol. The lowest BCUT2D eigenvalue weighted by atomic mass is 10.2. The zero-order valence-electron chi connectivity index (χ0n) is 11.9. The Kier molecular flexibility index (Phi) is 6.81. The van der Waals surface area contributed by atoms with E-state index in [1.165, 1.54) is 31.5 Å². The Morgan fingerprint density at radius 3 is 2.70 bits per heavy atom. The lowest BCUT2D eigenvalue weighted by Gasteiger charge is -2.16. The minimum atomic E-state index is 0.682. The number of likely N-dealkylation sites (tertiary alicyclic amines) is 1. The van der Waals surface area contributed by atoms with Crippen LogP contribution >= 0.6 is 31.9 Å². The largest absolute Gasteiger partial charge is 0.492 e. The zero-order valence-corrected chi connectivity index (χ0v) is 15.1. The second-order valence-electron chi connectivity index (χ2n) is 5.03. The molecule has 0 bridgehead atoms. The number of nitrogens with one attached hydrogen (secondary N) is 1. The van der Waals surface area contributed by atoms with E-state index in [0.29, 0.717) is 6.61 Å². The number of benzene rings is 1. The van der Waals surface area contributed by atoms with Crippen molar-refractivity contribution in [3.05, 3.63) is 26.6 Å². The van der Waals surface area contributed by atoms with Crippen LogP contribution in [0, 0.1) is 0 Å². The summed E-state index contributed by atoms with van der Waals surface area (Å²) in [6.07, 6.45) is 2.71. The Hall–Kier alpha value is -0.100. The first kappa shape index (κ1) is 16.3. The fourth-order valence-corrected chi connectivity index (χ4v) is 3.95. The molecule has 1 N–H and O–H groups in total. The maximum absolute atomic E-state index is 5.74. The van der Waals surface area contributed by atoms with Gasteiger partial charge in [0, 0.05) is 29.7 Å². The van der Waals surface area contributed by atoms with E-state index < -0.39 is 0 Å². The van der Waals surface area contributed by atoms with E-state index in [1.807, 2.05) is 13.0 Å². The molecule has 1 aromatic carbocycles. The highest BCUT2D eigenvalue weighted by Crippen LogP contribution is 2.32. The van der Waals surface area contributed by atoms with Crippen molar-refractivity contribution in [3.8, 4) is 5.75 Å². The van der Waals surface area contributed by atoms with E-state index >= 15 is 0 Å². The first-order chi connectivity index (χ1) is 9.70. The first-order valence-corrected chi connectivity index (χ1v) is 8.83. The normalized spacial score (nSPS) is 15.8. The van der Waals surface area contributed by atoms with Crippen molar-refractivity contribution in [2.24, 2.45) is 0 Å². The zero-order chi connectivity index (χ0) is 14.4. The third-order valence-corrected chi connectivity index (χ3v) is 4.54. The van der Waals surface area contributed by atoms with Gasteiger partial charge in [-0.1, -0.05) is 15.9 Å². The maximum Gasteiger partial charge on any atom is 0.138 e. The summed E-state index contributed by atoms with van der Waals surface area (Å²) in [5.41, 5.74) is 1.19. The van der Waals surface area contributed by atoms with Gasteiger partial charge < -0.3 is 15.0 Å². The molecule has 2 rings (SSSR count). The van der Waals surface area contributed by atoms with Crippen LogP contribution in [0.2, 0.25) is 0 Å². The standard InChI is InChI=1S/C15H22Br2N2O/c1-2-20-15-12(9-13(16)10-14(15)17)11-18-5-8-19-6-3-4-7-19/h9-10,18H,2-8,11H2,1H3. The Bertz CT molecular complexity index is 434. The van der Waals surface area contributed by atoms with Gasteiger partial charge in [0.25, 0.3) is 0 Å². The summed E-state index contributed by atoms with van der Waals surface area (Å²) in [6.45, 7) is 8.21. The fourth-order valence-electron chi connectivity index (χ4n) is 2.52. The van der Waals surface area contributed by atoms with E-state index in [9.17, 15) is 0 Å². The SMILES string of the molecule is CCOc1c(Br)cc(Br)cc1CNCCN1CCCC1. The molecule has 1 saturated heterocycles. The third-order valence-electron chi connectivity index (χ3n) is 3.49. The number of halogens is 2. The maximum atomic E-state index is 5.74. The first-order valence-electron chi connectivity index (χ1n) is 7.24. The summed E-state index contributed by atoms with van der Waals surface area (Å²) in [4.78, 5) is 2.52. The van der Waals surface area contributed by atoms with Crippen LogP contribution in [-0.4, -0.2) is 37.7 Å². The highest BCUT2D eigenvalue weighted by Gasteiger charge is 2.12. The number of rotatable bonds is 7. The Labute approximate surface area is 138 Å². The molecular formula is C15H22Br2N2O. The summed E-state index contributed by atoms with van der Waals surface area (Å²) >= 11 is 7.11. The minimum absolute atomic E-state index is 0.682. The minimum Gasteiger partial charge on any atom is -0.492 e. The van der Waals surface area contributed by atoms with Crippen molar-refractivity contribution >= 4 is 31.9 Å². The molecule has 20 heavy (non-hydrogen) atoms. The number of nitrogens with zero attached hydrogens (tertiary/aromatic N) is 1. The molecule has 0 atom stereocenters. The van der Waals surface area contributed by atoms with Gasteiger partial charge in [0.1, 0.15) is 5.75 Å². The van der Waals surface area contributed by atoms with Crippen molar-refractivity contribution in [2.45, 2.75) is 26.3 Å². The summed E-state index contributed by atoms with van der Waals surface area (Å²) in [5, 5.41) is 3.52. The molecule has 0 aliphatic carbocycles. The third kappa shape index (κ3) is 4.72. The van der Waals surface area contributed by atoms with Gasteiger partial charge in [0.2, 0.25) is 0 Å². The van der Waals surface area contributed by atoms with E-state index in [-0.39, 0.29) is 0 Å². The van der Waals surface area contributed by atoms with Crippen molar-refractivity contribution in [1.82, 2.24) is 10.2 Å². The topological polar surface area (TPSA) is 24.5 Å². The van der Waals surface area contributed by atoms with Crippen molar-refractivity contribution in [1.29, 1.82) is 0 Å². The van der Waals surface area contributed by atoms with Crippen LogP contribution in [0.25, 0.3) is 0 Å². The lowest BCUT2D eigenvalue weighted by Crippen LogP contribution is -2.29. The van der Waals surface area contributed by atoms with E-state index in [0.717, 1.165) is 34.3 Å². The van der Waals surface area contributed by atoms with Gasteiger partial charge in [-0.3, -0.25) is 0 Å². The second-order valence-corrected chi connectivity index (χ2v) is 6.80. The summed E-state index contributed by atoms with van der Waals surface area (Å²) < 4.78 is 7.81. The van der Waals surface area contributed by atoms with Crippen molar-refractivity contribution in [3.63, 3.8) is 0 Å². The molecule has 0 radical (unpaired) electrons. The average molecular weight is 406 g/mol. The van der Waals surface area contributed by atoms with Crippen molar-refractivity contribution < 1.29 is 4.74 Å². The van der Waals surface area contributed by atoms with E-state index in [2.05, 4.69) is 48.1 Å². The molecule has 0 amide bonds. The Morgan fingerprint density at radius 2 is 2.00 bits per heavy atom. The quantitative estimate of drug-likeness (QED) is 0.698. The predicted molar refractivity (Wildman–Crippen MR) is 90.4 cm³/mol. The van der Waals surface area contributed by atoms with Gasteiger partial charge in [0.05, 0.1) is 11.1 Å². The fraction of sp³-hybridized carbons (Fsp3) is 0.600. The van der Waals surface area contributed by atoms with Crippen LogP contribution in [0.5, 0.6) is 5.75 Å².